The summed E-state index contributed by atoms with van der Waals surface area (Å²) >= 11 is 0. The van der Waals surface area contributed by atoms with E-state index in [9.17, 15) is 0 Å². The molecule has 0 saturated carbocycles. The Morgan fingerprint density at radius 2 is 1.06 bits per heavy atom. The third kappa shape index (κ3) is 5.33. The third-order valence-electron chi connectivity index (χ3n) is 5.94. The maximum atomic E-state index is 2.48. The summed E-state index contributed by atoms with van der Waals surface area (Å²) in [7, 11) is 0. The molecule has 0 aromatic rings. The van der Waals surface area contributed by atoms with Gasteiger partial charge in [0.1, 0.15) is 0 Å². The lowest BCUT2D eigenvalue weighted by Gasteiger charge is -2.36. The fourth-order valence-corrected chi connectivity index (χ4v) is 3.15. The zero-order valence-electron chi connectivity index (χ0n) is 14.3. The molecular formula is C18H38. The van der Waals surface area contributed by atoms with Crippen molar-refractivity contribution in [3.8, 4) is 0 Å². The van der Waals surface area contributed by atoms with Crippen molar-refractivity contribution in [3.63, 3.8) is 0 Å². The Hall–Kier alpha value is 0. The first-order valence-electron chi connectivity index (χ1n) is 8.36. The molecule has 0 spiro atoms. The molecule has 6 unspecified atom stereocenters. The van der Waals surface area contributed by atoms with Gasteiger partial charge in [0, 0.05) is 0 Å². The first kappa shape index (κ1) is 18.0. The Morgan fingerprint density at radius 1 is 0.611 bits per heavy atom. The highest BCUT2D eigenvalue weighted by Crippen LogP contribution is 2.36. The van der Waals surface area contributed by atoms with Crippen molar-refractivity contribution in [3.05, 3.63) is 0 Å². The molecule has 6 atom stereocenters. The highest BCUT2D eigenvalue weighted by molar-refractivity contribution is 4.77. The Bertz CT molecular complexity index is 196. The second kappa shape index (κ2) is 8.99. The molecule has 0 heteroatoms. The number of hydrogen-bond acceptors (Lipinski definition) is 0. The molecule has 0 aromatic heterocycles. The molecule has 110 valence electrons. The second-order valence-electron chi connectivity index (χ2n) is 6.94. The third-order valence-corrected chi connectivity index (χ3v) is 5.94. The van der Waals surface area contributed by atoms with Crippen molar-refractivity contribution in [2.45, 2.75) is 81.1 Å². The van der Waals surface area contributed by atoms with Crippen LogP contribution in [-0.4, -0.2) is 0 Å². The van der Waals surface area contributed by atoms with Crippen LogP contribution in [0.25, 0.3) is 0 Å². The van der Waals surface area contributed by atoms with Crippen LogP contribution in [-0.2, 0) is 0 Å². The minimum Gasteiger partial charge on any atom is -0.0654 e. The number of hydrogen-bond donors (Lipinski definition) is 0. The summed E-state index contributed by atoms with van der Waals surface area (Å²) in [5.41, 5.74) is 0. The summed E-state index contributed by atoms with van der Waals surface area (Å²) in [6, 6.07) is 0. The van der Waals surface area contributed by atoms with Crippen LogP contribution >= 0.6 is 0 Å². The van der Waals surface area contributed by atoms with Crippen LogP contribution in [0.2, 0.25) is 0 Å². The molecule has 0 N–H and O–H groups in total. The predicted molar refractivity (Wildman–Crippen MR) is 84.8 cm³/mol. The van der Waals surface area contributed by atoms with Crippen LogP contribution in [0, 0.1) is 35.5 Å². The van der Waals surface area contributed by atoms with Crippen molar-refractivity contribution in [1.29, 1.82) is 0 Å². The van der Waals surface area contributed by atoms with Gasteiger partial charge in [-0.05, 0) is 35.5 Å². The van der Waals surface area contributed by atoms with Gasteiger partial charge in [-0.15, -0.1) is 0 Å². The smallest absolute Gasteiger partial charge is 0.0386 e. The molecule has 0 rings (SSSR count). The molecule has 0 bridgehead atoms. The van der Waals surface area contributed by atoms with Crippen LogP contribution in [0.1, 0.15) is 81.1 Å². The standard InChI is InChI=1S/C18H38/c1-9-11-12-14(4)16(6)18(8)17(7)15(5)13(3)10-2/h13-18H,9-12H2,1-8H3. The van der Waals surface area contributed by atoms with E-state index in [0.29, 0.717) is 0 Å². The lowest BCUT2D eigenvalue weighted by molar-refractivity contribution is 0.134. The van der Waals surface area contributed by atoms with Gasteiger partial charge in [-0.1, -0.05) is 81.1 Å². The first-order valence-corrected chi connectivity index (χ1v) is 8.36. The SMILES string of the molecule is CCCCC(C)C(C)C(C)C(C)C(C)C(C)CC. The number of rotatable bonds is 9. The van der Waals surface area contributed by atoms with E-state index in [2.05, 4.69) is 55.4 Å². The Balaban J connectivity index is 4.38. The van der Waals surface area contributed by atoms with Gasteiger partial charge in [0.25, 0.3) is 0 Å². The van der Waals surface area contributed by atoms with Gasteiger partial charge in [0.2, 0.25) is 0 Å². The average Bonchev–Trinajstić information content (AvgIpc) is 2.40. The Labute approximate surface area is 117 Å². The van der Waals surface area contributed by atoms with Crippen LogP contribution in [0.15, 0.2) is 0 Å². The van der Waals surface area contributed by atoms with Crippen LogP contribution in [0.5, 0.6) is 0 Å². The lowest BCUT2D eigenvalue weighted by atomic mass is 9.70. The summed E-state index contributed by atoms with van der Waals surface area (Å²) in [4.78, 5) is 0. The fourth-order valence-electron chi connectivity index (χ4n) is 3.15. The lowest BCUT2D eigenvalue weighted by Crippen LogP contribution is -2.29. The molecule has 0 heterocycles. The van der Waals surface area contributed by atoms with E-state index in [1.807, 2.05) is 0 Å². The van der Waals surface area contributed by atoms with Gasteiger partial charge >= 0.3 is 0 Å². The molecule has 0 fully saturated rings. The van der Waals surface area contributed by atoms with E-state index in [1.54, 1.807) is 0 Å². The molecule has 0 aliphatic rings. The van der Waals surface area contributed by atoms with Gasteiger partial charge in [-0.3, -0.25) is 0 Å². The van der Waals surface area contributed by atoms with E-state index in [4.69, 9.17) is 0 Å². The van der Waals surface area contributed by atoms with Gasteiger partial charge in [0.05, 0.1) is 0 Å². The van der Waals surface area contributed by atoms with Gasteiger partial charge in [-0.25, -0.2) is 0 Å². The molecule has 18 heavy (non-hydrogen) atoms. The summed E-state index contributed by atoms with van der Waals surface area (Å²) in [6.07, 6.45) is 5.46. The van der Waals surface area contributed by atoms with E-state index in [1.165, 1.54) is 25.7 Å². The topological polar surface area (TPSA) is 0 Å². The van der Waals surface area contributed by atoms with Crippen LogP contribution in [0.3, 0.4) is 0 Å². The first-order chi connectivity index (χ1) is 8.36. The maximum absolute atomic E-state index is 2.48. The van der Waals surface area contributed by atoms with Crippen molar-refractivity contribution in [2.75, 3.05) is 0 Å². The van der Waals surface area contributed by atoms with Crippen LogP contribution < -0.4 is 0 Å². The number of unbranched alkanes of at least 4 members (excludes halogenated alkanes) is 1. The summed E-state index contributed by atoms with van der Waals surface area (Å²) in [5, 5.41) is 0. The van der Waals surface area contributed by atoms with E-state index < -0.39 is 0 Å². The molecule has 0 aliphatic heterocycles. The Morgan fingerprint density at radius 3 is 1.44 bits per heavy atom. The van der Waals surface area contributed by atoms with E-state index in [0.717, 1.165) is 35.5 Å². The van der Waals surface area contributed by atoms with E-state index >= 15 is 0 Å². The molecular weight excluding hydrogens is 216 g/mol. The summed E-state index contributed by atoms with van der Waals surface area (Å²) in [6.45, 7) is 19.4. The predicted octanol–water partition coefficient (Wildman–Crippen LogP) is 6.40. The van der Waals surface area contributed by atoms with Gasteiger partial charge in [-0.2, -0.15) is 0 Å². The van der Waals surface area contributed by atoms with Crippen molar-refractivity contribution >= 4 is 0 Å². The van der Waals surface area contributed by atoms with Crippen LogP contribution in [0.4, 0.5) is 0 Å². The monoisotopic (exact) mass is 254 g/mol. The molecule has 0 aromatic carbocycles. The highest BCUT2D eigenvalue weighted by atomic mass is 14.3. The maximum Gasteiger partial charge on any atom is -0.0386 e. The largest absolute Gasteiger partial charge is 0.0654 e. The summed E-state index contributed by atoms with van der Waals surface area (Å²) in [5.74, 6) is 5.15. The van der Waals surface area contributed by atoms with E-state index in [-0.39, 0.29) is 0 Å². The van der Waals surface area contributed by atoms with Gasteiger partial charge in [0.15, 0.2) is 0 Å². The molecule has 0 nitrogen and oxygen atoms in total. The van der Waals surface area contributed by atoms with Crippen molar-refractivity contribution in [1.82, 2.24) is 0 Å². The zero-order valence-corrected chi connectivity index (χ0v) is 14.3. The fraction of sp³-hybridized carbons (Fsp3) is 1.00. The summed E-state index contributed by atoms with van der Waals surface area (Å²) < 4.78 is 0. The molecule has 0 saturated heterocycles. The Kier molecular flexibility index (Phi) is 8.99. The highest BCUT2D eigenvalue weighted by Gasteiger charge is 2.28. The second-order valence-corrected chi connectivity index (χ2v) is 6.94. The quantitative estimate of drug-likeness (QED) is 0.446. The minimum absolute atomic E-state index is 0.846. The molecule has 0 radical (unpaired) electrons. The normalized spacial score (nSPS) is 22.0. The van der Waals surface area contributed by atoms with Crippen molar-refractivity contribution in [2.24, 2.45) is 35.5 Å². The molecule has 0 aliphatic carbocycles. The zero-order chi connectivity index (χ0) is 14.3. The average molecular weight is 255 g/mol. The molecule has 0 amide bonds. The van der Waals surface area contributed by atoms with Crippen molar-refractivity contribution < 1.29 is 0 Å². The van der Waals surface area contributed by atoms with Gasteiger partial charge < -0.3 is 0 Å². The minimum atomic E-state index is 0.846.